The average molecular weight is 461 g/mol. The van der Waals surface area contributed by atoms with Gasteiger partial charge in [0.1, 0.15) is 5.75 Å². The Balaban J connectivity index is 1.61. The van der Waals surface area contributed by atoms with Crippen LogP contribution in [0.25, 0.3) is 0 Å². The molecule has 0 fully saturated rings. The Morgan fingerprint density at radius 3 is 2.34 bits per heavy atom. The zero-order valence-electron chi connectivity index (χ0n) is 17.5. The van der Waals surface area contributed by atoms with Gasteiger partial charge in [-0.2, -0.15) is 0 Å². The van der Waals surface area contributed by atoms with Gasteiger partial charge in [-0.25, -0.2) is 17.2 Å². The summed E-state index contributed by atoms with van der Waals surface area (Å²) >= 11 is 0. The molecule has 0 heterocycles. The molecule has 6 nitrogen and oxygen atoms in total. The fourth-order valence-corrected chi connectivity index (χ4v) is 4.13. The second-order valence-corrected chi connectivity index (χ2v) is 8.76. The SMILES string of the molecule is COc1ccc(C)cc1CCNC(=O)c1ccc(NS(=O)(=O)c2ccc(F)c(F)c2)cc1. The molecule has 3 aromatic rings. The fourth-order valence-electron chi connectivity index (χ4n) is 3.06. The van der Waals surface area contributed by atoms with E-state index in [9.17, 15) is 22.0 Å². The van der Waals surface area contributed by atoms with Crippen molar-refractivity contribution in [3.05, 3.63) is 89.0 Å². The lowest BCUT2D eigenvalue weighted by Gasteiger charge is -2.11. The third kappa shape index (κ3) is 5.61. The highest BCUT2D eigenvalue weighted by molar-refractivity contribution is 7.92. The largest absolute Gasteiger partial charge is 0.496 e. The standard InChI is InChI=1S/C23H22F2N2O4S/c1-15-3-10-22(31-2)17(13-15)11-12-26-23(28)16-4-6-18(7-5-16)27-32(29,30)19-8-9-20(24)21(25)14-19/h3-10,13-14,27H,11-12H2,1-2H3,(H,26,28). The maximum atomic E-state index is 13.3. The molecule has 32 heavy (non-hydrogen) atoms. The highest BCUT2D eigenvalue weighted by Crippen LogP contribution is 2.20. The van der Waals surface area contributed by atoms with Crippen LogP contribution in [0.4, 0.5) is 14.5 Å². The van der Waals surface area contributed by atoms with Crippen molar-refractivity contribution in [2.75, 3.05) is 18.4 Å². The van der Waals surface area contributed by atoms with Gasteiger partial charge in [-0.15, -0.1) is 0 Å². The molecule has 0 atom stereocenters. The van der Waals surface area contributed by atoms with Gasteiger partial charge in [-0.05, 0) is 67.4 Å². The fraction of sp³-hybridized carbons (Fsp3) is 0.174. The van der Waals surface area contributed by atoms with Gasteiger partial charge in [0.2, 0.25) is 0 Å². The van der Waals surface area contributed by atoms with E-state index in [0.29, 0.717) is 24.6 Å². The lowest BCUT2D eigenvalue weighted by atomic mass is 10.1. The number of rotatable bonds is 8. The summed E-state index contributed by atoms with van der Waals surface area (Å²) in [6.07, 6.45) is 0.586. The van der Waals surface area contributed by atoms with Crippen LogP contribution in [0.1, 0.15) is 21.5 Å². The van der Waals surface area contributed by atoms with Crippen LogP contribution in [0, 0.1) is 18.6 Å². The Bertz CT molecular complexity index is 1230. The molecular formula is C23H22F2N2O4S. The predicted octanol–water partition coefficient (Wildman–Crippen LogP) is 4.06. The van der Waals surface area contributed by atoms with Crippen molar-refractivity contribution < 1.29 is 26.7 Å². The first-order valence-electron chi connectivity index (χ1n) is 9.69. The first kappa shape index (κ1) is 23.2. The quantitative estimate of drug-likeness (QED) is 0.531. The lowest BCUT2D eigenvalue weighted by Crippen LogP contribution is -2.25. The minimum atomic E-state index is -4.11. The molecule has 0 aliphatic heterocycles. The Labute approximate surface area is 185 Å². The molecule has 0 radical (unpaired) electrons. The summed E-state index contributed by atoms with van der Waals surface area (Å²) in [6.45, 7) is 2.37. The highest BCUT2D eigenvalue weighted by atomic mass is 32.2. The van der Waals surface area contributed by atoms with Gasteiger partial charge in [0.25, 0.3) is 15.9 Å². The van der Waals surface area contributed by atoms with Crippen molar-refractivity contribution >= 4 is 21.6 Å². The monoisotopic (exact) mass is 460 g/mol. The van der Waals surface area contributed by atoms with Crippen LogP contribution in [0.15, 0.2) is 65.6 Å². The van der Waals surface area contributed by atoms with E-state index in [1.165, 1.54) is 24.3 Å². The first-order valence-corrected chi connectivity index (χ1v) is 11.2. The molecule has 0 aromatic heterocycles. The number of carbonyl (C=O) groups excluding carboxylic acids is 1. The maximum absolute atomic E-state index is 13.3. The summed E-state index contributed by atoms with van der Waals surface area (Å²) in [5.74, 6) is -1.96. The predicted molar refractivity (Wildman–Crippen MR) is 117 cm³/mol. The molecule has 0 unspecified atom stereocenters. The van der Waals surface area contributed by atoms with Crippen LogP contribution in [0.5, 0.6) is 5.75 Å². The summed E-state index contributed by atoms with van der Waals surface area (Å²) in [5, 5.41) is 2.81. The molecule has 0 bridgehead atoms. The average Bonchev–Trinajstić information content (AvgIpc) is 2.76. The summed E-state index contributed by atoms with van der Waals surface area (Å²) in [7, 11) is -2.52. The van der Waals surface area contributed by atoms with Gasteiger partial charge in [0.15, 0.2) is 11.6 Å². The Kier molecular flexibility index (Phi) is 7.09. The van der Waals surface area contributed by atoms with E-state index in [1.54, 1.807) is 7.11 Å². The lowest BCUT2D eigenvalue weighted by molar-refractivity contribution is 0.0954. The van der Waals surface area contributed by atoms with Crippen LogP contribution in [-0.2, 0) is 16.4 Å². The Morgan fingerprint density at radius 1 is 0.969 bits per heavy atom. The van der Waals surface area contributed by atoms with Crippen molar-refractivity contribution in [2.45, 2.75) is 18.2 Å². The highest BCUT2D eigenvalue weighted by Gasteiger charge is 2.17. The Morgan fingerprint density at radius 2 is 1.69 bits per heavy atom. The van der Waals surface area contributed by atoms with Crippen molar-refractivity contribution in [3.63, 3.8) is 0 Å². The number of hydrogen-bond acceptors (Lipinski definition) is 4. The van der Waals surface area contributed by atoms with Crippen molar-refractivity contribution in [3.8, 4) is 5.75 Å². The van der Waals surface area contributed by atoms with Crippen molar-refractivity contribution in [2.24, 2.45) is 0 Å². The topological polar surface area (TPSA) is 84.5 Å². The number of anilines is 1. The summed E-state index contributed by atoms with van der Waals surface area (Å²) < 4.78 is 58.7. The van der Waals surface area contributed by atoms with E-state index in [1.807, 2.05) is 25.1 Å². The number of carbonyl (C=O) groups is 1. The number of nitrogens with one attached hydrogen (secondary N) is 2. The molecule has 0 saturated carbocycles. The number of benzene rings is 3. The van der Waals surface area contributed by atoms with Crippen LogP contribution in [-0.4, -0.2) is 28.0 Å². The van der Waals surface area contributed by atoms with E-state index < -0.39 is 26.6 Å². The molecule has 0 saturated heterocycles. The van der Waals surface area contributed by atoms with E-state index in [0.717, 1.165) is 29.0 Å². The van der Waals surface area contributed by atoms with Crippen LogP contribution >= 0.6 is 0 Å². The molecule has 0 aliphatic rings. The molecule has 168 valence electrons. The van der Waals surface area contributed by atoms with E-state index >= 15 is 0 Å². The first-order chi connectivity index (χ1) is 15.2. The van der Waals surface area contributed by atoms with Crippen LogP contribution in [0.3, 0.4) is 0 Å². The summed E-state index contributed by atoms with van der Waals surface area (Å²) in [4.78, 5) is 12.0. The zero-order chi connectivity index (χ0) is 23.3. The van der Waals surface area contributed by atoms with E-state index in [4.69, 9.17) is 4.74 Å². The van der Waals surface area contributed by atoms with Crippen LogP contribution in [0.2, 0.25) is 0 Å². The van der Waals surface area contributed by atoms with E-state index in [2.05, 4.69) is 10.0 Å². The molecule has 3 rings (SSSR count). The Hall–Kier alpha value is -3.46. The second kappa shape index (κ2) is 9.78. The van der Waals surface area contributed by atoms with E-state index in [-0.39, 0.29) is 11.6 Å². The third-order valence-corrected chi connectivity index (χ3v) is 6.10. The summed E-state index contributed by atoms with van der Waals surface area (Å²) in [5.41, 5.74) is 2.59. The van der Waals surface area contributed by atoms with Crippen LogP contribution < -0.4 is 14.8 Å². The molecular weight excluding hydrogens is 438 g/mol. The third-order valence-electron chi connectivity index (χ3n) is 4.72. The van der Waals surface area contributed by atoms with Crippen molar-refractivity contribution in [1.82, 2.24) is 5.32 Å². The number of aryl methyl sites for hydroxylation is 1. The number of sulfonamides is 1. The van der Waals surface area contributed by atoms with Gasteiger partial charge in [-0.3, -0.25) is 9.52 Å². The molecule has 0 aliphatic carbocycles. The summed E-state index contributed by atoms with van der Waals surface area (Å²) in [6, 6.07) is 13.9. The van der Waals surface area contributed by atoms with Gasteiger partial charge in [0, 0.05) is 17.8 Å². The zero-order valence-corrected chi connectivity index (χ0v) is 18.3. The number of halogens is 2. The maximum Gasteiger partial charge on any atom is 0.261 e. The molecule has 9 heteroatoms. The number of ether oxygens (including phenoxy) is 1. The molecule has 2 N–H and O–H groups in total. The smallest absolute Gasteiger partial charge is 0.261 e. The van der Waals surface area contributed by atoms with Crippen molar-refractivity contribution in [1.29, 1.82) is 0 Å². The van der Waals surface area contributed by atoms with Gasteiger partial charge < -0.3 is 10.1 Å². The van der Waals surface area contributed by atoms with Gasteiger partial charge in [0.05, 0.1) is 12.0 Å². The molecule has 1 amide bonds. The van der Waals surface area contributed by atoms with Gasteiger partial charge in [-0.1, -0.05) is 17.7 Å². The number of hydrogen-bond donors (Lipinski definition) is 2. The molecule has 0 spiro atoms. The second-order valence-electron chi connectivity index (χ2n) is 7.08. The van der Waals surface area contributed by atoms with Gasteiger partial charge >= 0.3 is 0 Å². The minimum absolute atomic E-state index is 0.177. The number of methoxy groups -OCH3 is 1. The minimum Gasteiger partial charge on any atom is -0.496 e. The number of amides is 1. The normalized spacial score (nSPS) is 11.1. The molecule has 3 aromatic carbocycles.